The summed E-state index contributed by atoms with van der Waals surface area (Å²) in [5.74, 6) is -1.36. The molecule has 252 valence electrons. The molecule has 4 aromatic carbocycles. The third-order valence-corrected chi connectivity index (χ3v) is 9.92. The lowest BCUT2D eigenvalue weighted by atomic mass is 9.95. The Balaban J connectivity index is 1.27. The molecule has 12 nitrogen and oxygen atoms in total. The van der Waals surface area contributed by atoms with E-state index >= 15 is 0 Å². The Bertz CT molecular complexity index is 2320. The van der Waals surface area contributed by atoms with Gasteiger partial charge in [-0.2, -0.15) is 0 Å². The van der Waals surface area contributed by atoms with E-state index in [2.05, 4.69) is 0 Å². The summed E-state index contributed by atoms with van der Waals surface area (Å²) in [6.07, 6.45) is 3.45. The molecular formula is C37H31N4O8P. The zero-order chi connectivity index (χ0) is 35.0. The third kappa shape index (κ3) is 6.17. The highest BCUT2D eigenvalue weighted by Crippen LogP contribution is 2.52. The average Bonchev–Trinajstić information content (AvgIpc) is 3.73. The van der Waals surface area contributed by atoms with Crippen molar-refractivity contribution < 1.29 is 32.6 Å². The highest BCUT2D eigenvalue weighted by atomic mass is 31.2. The van der Waals surface area contributed by atoms with Crippen molar-refractivity contribution in [3.63, 3.8) is 0 Å². The number of para-hydroxylation sites is 1. The molecule has 0 spiro atoms. The highest BCUT2D eigenvalue weighted by molar-refractivity contribution is 7.48. The third-order valence-electron chi connectivity index (χ3n) is 8.60. The number of carbonyl (C=O) groups excluding carboxylic acids is 2. The Morgan fingerprint density at radius 3 is 1.72 bits per heavy atom. The minimum absolute atomic E-state index is 0.0830. The van der Waals surface area contributed by atoms with E-state index in [1.54, 1.807) is 54.3 Å². The smallest absolute Gasteiger partial charge is 0.350 e. The second-order valence-electron chi connectivity index (χ2n) is 11.8. The van der Waals surface area contributed by atoms with E-state index in [1.165, 1.54) is 12.1 Å². The molecule has 2 amide bonds. The first-order chi connectivity index (χ1) is 24.1. The predicted molar refractivity (Wildman–Crippen MR) is 187 cm³/mol. The van der Waals surface area contributed by atoms with Crippen LogP contribution in [0.3, 0.4) is 0 Å². The lowest BCUT2D eigenvalue weighted by Crippen LogP contribution is -2.33. The Kier molecular flexibility index (Phi) is 8.77. The first-order valence-corrected chi connectivity index (χ1v) is 17.1. The summed E-state index contributed by atoms with van der Waals surface area (Å²) in [4.78, 5) is 40.8. The van der Waals surface area contributed by atoms with Gasteiger partial charge in [-0.3, -0.25) is 33.3 Å². The Labute approximate surface area is 286 Å². The number of nitro groups is 1. The zero-order valence-corrected chi connectivity index (χ0v) is 28.0. The summed E-state index contributed by atoms with van der Waals surface area (Å²) >= 11 is 0. The first-order valence-electron chi connectivity index (χ1n) is 15.6. The van der Waals surface area contributed by atoms with Gasteiger partial charge in [0.2, 0.25) is 0 Å². The predicted octanol–water partition coefficient (Wildman–Crippen LogP) is 7.37. The summed E-state index contributed by atoms with van der Waals surface area (Å²) in [6.45, 7) is -0.948. The quantitative estimate of drug-likeness (QED) is 0.0562. The number of non-ortho nitro benzene ring substituents is 1. The van der Waals surface area contributed by atoms with Crippen molar-refractivity contribution in [2.45, 2.75) is 13.2 Å². The molecule has 0 aliphatic carbocycles. The van der Waals surface area contributed by atoms with Crippen molar-refractivity contribution in [2.24, 2.45) is 14.1 Å². The van der Waals surface area contributed by atoms with E-state index in [0.29, 0.717) is 33.2 Å². The van der Waals surface area contributed by atoms with Gasteiger partial charge in [-0.15, -0.1) is 0 Å². The van der Waals surface area contributed by atoms with Crippen LogP contribution in [0.2, 0.25) is 0 Å². The molecule has 3 heterocycles. The number of aryl methyl sites for hydroxylation is 2. The van der Waals surface area contributed by atoms with Gasteiger partial charge < -0.3 is 9.13 Å². The van der Waals surface area contributed by atoms with Gasteiger partial charge in [0, 0.05) is 66.0 Å². The van der Waals surface area contributed by atoms with Crippen LogP contribution >= 0.6 is 7.82 Å². The number of amides is 2. The van der Waals surface area contributed by atoms with Crippen molar-refractivity contribution in [3.05, 3.63) is 148 Å². The van der Waals surface area contributed by atoms with Gasteiger partial charge in [0.1, 0.15) is 6.73 Å². The molecule has 0 saturated heterocycles. The van der Waals surface area contributed by atoms with E-state index in [4.69, 9.17) is 13.6 Å². The summed E-state index contributed by atoms with van der Waals surface area (Å²) in [5, 5.41) is 12.8. The molecule has 0 radical (unpaired) electrons. The molecule has 0 N–H and O–H groups in total. The SMILES string of the molecule is Cn1cc(C2=C(c3cn(C)c4cc([N+](=O)[O-])ccc34)C(=O)N(COP(=O)(OCc3ccccc3)OCc3ccccc3)C2=O)c2ccccc21. The molecule has 0 atom stereocenters. The molecule has 50 heavy (non-hydrogen) atoms. The van der Waals surface area contributed by atoms with Gasteiger partial charge in [0.25, 0.3) is 17.5 Å². The van der Waals surface area contributed by atoms with Crippen molar-refractivity contribution in [3.8, 4) is 0 Å². The van der Waals surface area contributed by atoms with E-state index in [0.717, 1.165) is 15.8 Å². The largest absolute Gasteiger partial charge is 0.477 e. The average molecular weight is 691 g/mol. The standard InChI is InChI=1S/C37H31N4O8P/c1-38-20-30(28-15-9-10-16-32(28)38)34-35(31-21-39(2)33-19-27(41(44)45)17-18-29(31)33)37(43)40(36(34)42)24-49-50(46,47-22-25-11-5-3-6-12-25)48-23-26-13-7-4-8-14-26/h3-21H,22-24H2,1-2H3. The van der Waals surface area contributed by atoms with Gasteiger partial charge in [-0.05, 0) is 23.3 Å². The maximum Gasteiger partial charge on any atom is 0.477 e. The van der Waals surface area contributed by atoms with Crippen LogP contribution in [0, 0.1) is 10.1 Å². The number of rotatable bonds is 12. The van der Waals surface area contributed by atoms with Gasteiger partial charge in [0.15, 0.2) is 0 Å². The second kappa shape index (κ2) is 13.3. The van der Waals surface area contributed by atoms with Crippen LogP contribution < -0.4 is 0 Å². The zero-order valence-electron chi connectivity index (χ0n) is 27.1. The monoisotopic (exact) mass is 690 g/mol. The molecule has 1 aliphatic rings. The molecule has 2 aromatic heterocycles. The lowest BCUT2D eigenvalue weighted by Gasteiger charge is -2.21. The molecule has 0 unspecified atom stereocenters. The molecule has 0 fully saturated rings. The number of benzene rings is 4. The Hall–Kier alpha value is -5.65. The number of fused-ring (bicyclic) bond motifs is 2. The van der Waals surface area contributed by atoms with Gasteiger partial charge >= 0.3 is 7.82 Å². The van der Waals surface area contributed by atoms with Crippen LogP contribution in [0.4, 0.5) is 5.69 Å². The van der Waals surface area contributed by atoms with Crippen LogP contribution in [0.5, 0.6) is 0 Å². The highest BCUT2D eigenvalue weighted by Gasteiger charge is 2.43. The number of imide groups is 1. The topological polar surface area (TPSA) is 135 Å². The Morgan fingerprint density at radius 1 is 0.660 bits per heavy atom. The number of carbonyl (C=O) groups is 2. The number of hydrogen-bond acceptors (Lipinski definition) is 8. The number of aromatic nitrogens is 2. The first kappa shape index (κ1) is 32.9. The summed E-state index contributed by atoms with van der Waals surface area (Å²) in [5.41, 5.74) is 3.78. The molecule has 1 aliphatic heterocycles. The molecule has 13 heteroatoms. The van der Waals surface area contributed by atoms with Crippen LogP contribution in [0.1, 0.15) is 22.3 Å². The normalized spacial score (nSPS) is 13.7. The minimum atomic E-state index is -4.36. The molecule has 6 aromatic rings. The van der Waals surface area contributed by atoms with Crippen LogP contribution in [-0.4, -0.2) is 37.5 Å². The number of phosphoric ester groups is 1. The van der Waals surface area contributed by atoms with Crippen molar-refractivity contribution in [1.29, 1.82) is 0 Å². The van der Waals surface area contributed by atoms with E-state index in [9.17, 15) is 24.3 Å². The van der Waals surface area contributed by atoms with E-state index in [-0.39, 0.29) is 30.0 Å². The van der Waals surface area contributed by atoms with Gasteiger partial charge in [-0.25, -0.2) is 9.46 Å². The number of hydrogen-bond donors (Lipinski definition) is 0. The summed E-state index contributed by atoms with van der Waals surface area (Å²) in [6, 6.07) is 29.9. The maximum atomic E-state index is 14.4. The van der Waals surface area contributed by atoms with Crippen LogP contribution in [-0.2, 0) is 55.0 Å². The fourth-order valence-electron chi connectivity index (χ4n) is 6.11. The van der Waals surface area contributed by atoms with Gasteiger partial charge in [0.05, 0.1) is 34.8 Å². The number of phosphoric acid groups is 1. The number of nitrogens with zero attached hydrogens (tertiary/aromatic N) is 4. The molecule has 7 rings (SSSR count). The number of nitro benzene ring substituents is 1. The maximum absolute atomic E-state index is 14.4. The van der Waals surface area contributed by atoms with Crippen molar-refractivity contribution >= 4 is 58.3 Å². The lowest BCUT2D eigenvalue weighted by molar-refractivity contribution is -0.384. The van der Waals surface area contributed by atoms with Crippen LogP contribution in [0.25, 0.3) is 33.0 Å². The second-order valence-corrected chi connectivity index (χ2v) is 13.5. The van der Waals surface area contributed by atoms with Gasteiger partial charge in [-0.1, -0.05) is 78.9 Å². The van der Waals surface area contributed by atoms with Crippen LogP contribution in [0.15, 0.2) is 116 Å². The molecule has 0 bridgehead atoms. The molecule has 0 saturated carbocycles. The summed E-state index contributed by atoms with van der Waals surface area (Å²) in [7, 11) is -0.809. The van der Waals surface area contributed by atoms with E-state index < -0.39 is 31.3 Å². The van der Waals surface area contributed by atoms with Crippen molar-refractivity contribution in [2.75, 3.05) is 6.73 Å². The summed E-state index contributed by atoms with van der Waals surface area (Å²) < 4.78 is 34.9. The Morgan fingerprint density at radius 2 is 1.16 bits per heavy atom. The minimum Gasteiger partial charge on any atom is -0.350 e. The fraction of sp³-hybridized carbons (Fsp3) is 0.135. The van der Waals surface area contributed by atoms with E-state index in [1.807, 2.05) is 72.3 Å². The molecular weight excluding hydrogens is 659 g/mol. The fourth-order valence-corrected chi connectivity index (χ4v) is 7.21. The van der Waals surface area contributed by atoms with Crippen molar-refractivity contribution in [1.82, 2.24) is 14.0 Å².